The van der Waals surface area contributed by atoms with Crippen molar-refractivity contribution in [3.05, 3.63) is 53.6 Å². The summed E-state index contributed by atoms with van der Waals surface area (Å²) in [7, 11) is -0.932. The standard InChI is InChI=1S/C18H21N3OS/c1-4-21-17-10-5-13(2)11-16(17)20-18(21)19-12-14-6-8-15(9-7-14)23(3)22/h5-11H,4,12H2,1-3H3,(H,19,20). The van der Waals surface area contributed by atoms with E-state index in [0.717, 1.165) is 34.0 Å². The van der Waals surface area contributed by atoms with Gasteiger partial charge >= 0.3 is 0 Å². The number of aromatic nitrogens is 2. The fourth-order valence-corrected chi connectivity index (χ4v) is 3.19. The Morgan fingerprint density at radius 1 is 1.17 bits per heavy atom. The van der Waals surface area contributed by atoms with Crippen LogP contribution in [-0.4, -0.2) is 20.0 Å². The van der Waals surface area contributed by atoms with E-state index in [1.807, 2.05) is 24.3 Å². The molecule has 0 amide bonds. The lowest BCUT2D eigenvalue weighted by Crippen LogP contribution is -2.06. The Morgan fingerprint density at radius 3 is 2.57 bits per heavy atom. The number of aryl methyl sites for hydroxylation is 2. The van der Waals surface area contributed by atoms with Crippen molar-refractivity contribution in [1.82, 2.24) is 9.55 Å². The van der Waals surface area contributed by atoms with E-state index < -0.39 is 10.8 Å². The molecule has 120 valence electrons. The number of hydrogen-bond donors (Lipinski definition) is 1. The first-order valence-corrected chi connectivity index (χ1v) is 9.27. The maximum atomic E-state index is 11.4. The van der Waals surface area contributed by atoms with Crippen LogP contribution in [0, 0.1) is 6.92 Å². The highest BCUT2D eigenvalue weighted by atomic mass is 32.2. The zero-order chi connectivity index (χ0) is 16.4. The van der Waals surface area contributed by atoms with Crippen molar-refractivity contribution in [2.75, 3.05) is 11.6 Å². The van der Waals surface area contributed by atoms with Gasteiger partial charge in [-0.15, -0.1) is 0 Å². The Kier molecular flexibility index (Phi) is 4.48. The summed E-state index contributed by atoms with van der Waals surface area (Å²) >= 11 is 0. The van der Waals surface area contributed by atoms with Gasteiger partial charge in [0.2, 0.25) is 5.95 Å². The van der Waals surface area contributed by atoms with E-state index in [-0.39, 0.29) is 0 Å². The lowest BCUT2D eigenvalue weighted by atomic mass is 10.2. The molecular weight excluding hydrogens is 306 g/mol. The van der Waals surface area contributed by atoms with Gasteiger partial charge in [-0.25, -0.2) is 4.98 Å². The summed E-state index contributed by atoms with van der Waals surface area (Å²) in [6.07, 6.45) is 1.69. The molecule has 0 fully saturated rings. The van der Waals surface area contributed by atoms with Crippen LogP contribution in [-0.2, 0) is 23.9 Å². The van der Waals surface area contributed by atoms with E-state index in [9.17, 15) is 4.21 Å². The fraction of sp³-hybridized carbons (Fsp3) is 0.278. The van der Waals surface area contributed by atoms with Crippen LogP contribution in [0.3, 0.4) is 0 Å². The first kappa shape index (κ1) is 15.7. The van der Waals surface area contributed by atoms with Crippen LogP contribution >= 0.6 is 0 Å². The minimum atomic E-state index is -0.932. The molecule has 0 saturated carbocycles. The average molecular weight is 327 g/mol. The molecule has 0 bridgehead atoms. The average Bonchev–Trinajstić information content (AvgIpc) is 2.89. The number of fused-ring (bicyclic) bond motifs is 1. The Morgan fingerprint density at radius 2 is 1.91 bits per heavy atom. The molecule has 23 heavy (non-hydrogen) atoms. The molecule has 1 atom stereocenters. The molecule has 4 nitrogen and oxygen atoms in total. The van der Waals surface area contributed by atoms with Crippen molar-refractivity contribution in [3.8, 4) is 0 Å². The van der Waals surface area contributed by atoms with Crippen molar-refractivity contribution in [2.24, 2.45) is 0 Å². The molecule has 0 aliphatic rings. The molecule has 2 aromatic carbocycles. The summed E-state index contributed by atoms with van der Waals surface area (Å²) in [5.41, 5.74) is 4.53. The molecule has 1 heterocycles. The zero-order valence-electron chi connectivity index (χ0n) is 13.7. The maximum Gasteiger partial charge on any atom is 0.204 e. The number of benzene rings is 2. The number of nitrogens with zero attached hydrogens (tertiary/aromatic N) is 2. The minimum Gasteiger partial charge on any atom is -0.352 e. The smallest absolute Gasteiger partial charge is 0.204 e. The van der Waals surface area contributed by atoms with Crippen LogP contribution in [0.4, 0.5) is 5.95 Å². The van der Waals surface area contributed by atoms with Gasteiger partial charge in [-0.1, -0.05) is 18.2 Å². The van der Waals surface area contributed by atoms with Gasteiger partial charge in [-0.3, -0.25) is 4.21 Å². The molecule has 0 aliphatic carbocycles. The first-order valence-electron chi connectivity index (χ1n) is 7.71. The molecule has 3 aromatic rings. The van der Waals surface area contributed by atoms with Crippen LogP contribution in [0.2, 0.25) is 0 Å². The molecule has 1 unspecified atom stereocenters. The fourth-order valence-electron chi connectivity index (χ4n) is 2.67. The highest BCUT2D eigenvalue weighted by Gasteiger charge is 2.09. The summed E-state index contributed by atoms with van der Waals surface area (Å²) < 4.78 is 13.6. The molecule has 0 spiro atoms. The van der Waals surface area contributed by atoms with E-state index in [2.05, 4.69) is 41.9 Å². The summed E-state index contributed by atoms with van der Waals surface area (Å²) in [6.45, 7) is 5.77. The third-order valence-electron chi connectivity index (χ3n) is 3.93. The Bertz CT molecular complexity index is 853. The van der Waals surface area contributed by atoms with Crippen LogP contribution in [0.1, 0.15) is 18.1 Å². The third-order valence-corrected chi connectivity index (χ3v) is 4.86. The van der Waals surface area contributed by atoms with E-state index in [0.29, 0.717) is 6.54 Å². The third kappa shape index (κ3) is 3.29. The van der Waals surface area contributed by atoms with Gasteiger partial charge < -0.3 is 9.88 Å². The van der Waals surface area contributed by atoms with Crippen LogP contribution in [0.5, 0.6) is 0 Å². The predicted molar refractivity (Wildman–Crippen MR) is 96.2 cm³/mol. The summed E-state index contributed by atoms with van der Waals surface area (Å²) in [5, 5.41) is 3.41. The molecule has 5 heteroatoms. The first-order chi connectivity index (χ1) is 11.1. The molecule has 0 radical (unpaired) electrons. The molecule has 0 aliphatic heterocycles. The van der Waals surface area contributed by atoms with Crippen molar-refractivity contribution >= 4 is 27.8 Å². The van der Waals surface area contributed by atoms with Crippen molar-refractivity contribution in [2.45, 2.75) is 31.8 Å². The van der Waals surface area contributed by atoms with Crippen LogP contribution in [0.15, 0.2) is 47.4 Å². The van der Waals surface area contributed by atoms with Gasteiger partial charge in [-0.2, -0.15) is 0 Å². The molecule has 0 saturated heterocycles. The number of imidazole rings is 1. The number of anilines is 1. The maximum absolute atomic E-state index is 11.4. The van der Waals surface area contributed by atoms with Gasteiger partial charge in [-0.05, 0) is 49.2 Å². The van der Waals surface area contributed by atoms with Crippen molar-refractivity contribution in [3.63, 3.8) is 0 Å². The van der Waals surface area contributed by atoms with E-state index >= 15 is 0 Å². The predicted octanol–water partition coefficient (Wildman–Crippen LogP) is 3.71. The van der Waals surface area contributed by atoms with Crippen molar-refractivity contribution < 1.29 is 4.21 Å². The Labute approximate surface area is 139 Å². The number of rotatable bonds is 5. The summed E-state index contributed by atoms with van der Waals surface area (Å²) in [4.78, 5) is 5.56. The van der Waals surface area contributed by atoms with Crippen molar-refractivity contribution in [1.29, 1.82) is 0 Å². The van der Waals surface area contributed by atoms with Gasteiger partial charge in [0.05, 0.1) is 11.0 Å². The topological polar surface area (TPSA) is 46.9 Å². The van der Waals surface area contributed by atoms with Crippen LogP contribution < -0.4 is 5.32 Å². The van der Waals surface area contributed by atoms with Gasteiger partial charge in [0.25, 0.3) is 0 Å². The molecule has 3 rings (SSSR count). The molecular formula is C18H21N3OS. The van der Waals surface area contributed by atoms with E-state index in [1.165, 1.54) is 5.56 Å². The quantitative estimate of drug-likeness (QED) is 0.777. The second kappa shape index (κ2) is 6.54. The number of hydrogen-bond acceptors (Lipinski definition) is 3. The summed E-state index contributed by atoms with van der Waals surface area (Å²) in [6, 6.07) is 14.2. The zero-order valence-corrected chi connectivity index (χ0v) is 14.5. The molecule has 1 N–H and O–H groups in total. The lowest BCUT2D eigenvalue weighted by molar-refractivity contribution is 0.687. The van der Waals surface area contributed by atoms with E-state index in [1.54, 1.807) is 6.26 Å². The normalized spacial score (nSPS) is 12.5. The van der Waals surface area contributed by atoms with Crippen LogP contribution in [0.25, 0.3) is 11.0 Å². The second-order valence-corrected chi connectivity index (χ2v) is 7.00. The molecule has 1 aromatic heterocycles. The SMILES string of the molecule is CCn1c(NCc2ccc(S(C)=O)cc2)nc2cc(C)ccc21. The van der Waals surface area contributed by atoms with E-state index in [4.69, 9.17) is 4.98 Å². The monoisotopic (exact) mass is 327 g/mol. The summed E-state index contributed by atoms with van der Waals surface area (Å²) in [5.74, 6) is 0.885. The lowest BCUT2D eigenvalue weighted by Gasteiger charge is -2.09. The second-order valence-electron chi connectivity index (χ2n) is 5.62. The number of nitrogens with one attached hydrogen (secondary N) is 1. The van der Waals surface area contributed by atoms with Gasteiger partial charge in [0.15, 0.2) is 0 Å². The minimum absolute atomic E-state index is 0.693. The Balaban J connectivity index is 1.82. The van der Waals surface area contributed by atoms with Gasteiger partial charge in [0, 0.05) is 35.0 Å². The highest BCUT2D eigenvalue weighted by molar-refractivity contribution is 7.84. The largest absolute Gasteiger partial charge is 0.352 e. The van der Waals surface area contributed by atoms with Gasteiger partial charge in [0.1, 0.15) is 0 Å². The highest BCUT2D eigenvalue weighted by Crippen LogP contribution is 2.21. The Hall–Kier alpha value is -2.14.